The summed E-state index contributed by atoms with van der Waals surface area (Å²) in [4.78, 5) is 0. The summed E-state index contributed by atoms with van der Waals surface area (Å²) in [5, 5.41) is 0. The highest BCUT2D eigenvalue weighted by atomic mass is 16.4. The number of rotatable bonds is 8. The van der Waals surface area contributed by atoms with Gasteiger partial charge in [-0.25, -0.2) is 0 Å². The average Bonchev–Trinajstić information content (AvgIpc) is 3.03. The Kier molecular flexibility index (Phi) is 5.13. The zero-order valence-corrected chi connectivity index (χ0v) is 11.2. The summed E-state index contributed by atoms with van der Waals surface area (Å²) < 4.78 is 11.1. The molecule has 0 amide bonds. The SMILES string of the molecule is CCCCCCCCc1ccc(-c2ccco2)o1. The maximum atomic E-state index is 5.76. The van der Waals surface area contributed by atoms with Crippen LogP contribution in [0.2, 0.25) is 0 Å². The molecule has 0 spiro atoms. The molecule has 0 N–H and O–H groups in total. The standard InChI is InChI=1S/C16H22O2/c1-2-3-4-5-6-7-9-14-11-12-16(18-14)15-10-8-13-17-15/h8,10-13H,2-7,9H2,1H3. The van der Waals surface area contributed by atoms with Crippen LogP contribution in [0, 0.1) is 0 Å². The molecule has 0 unspecified atom stereocenters. The van der Waals surface area contributed by atoms with Crippen LogP contribution in [0.15, 0.2) is 39.4 Å². The van der Waals surface area contributed by atoms with Crippen LogP contribution in [0.4, 0.5) is 0 Å². The van der Waals surface area contributed by atoms with Crippen molar-refractivity contribution >= 4 is 0 Å². The summed E-state index contributed by atoms with van der Waals surface area (Å²) in [6.45, 7) is 2.25. The van der Waals surface area contributed by atoms with Crippen LogP contribution in [0.1, 0.15) is 51.2 Å². The molecule has 0 radical (unpaired) electrons. The third kappa shape index (κ3) is 3.80. The fraction of sp³-hybridized carbons (Fsp3) is 0.500. The van der Waals surface area contributed by atoms with E-state index in [0.29, 0.717) is 0 Å². The van der Waals surface area contributed by atoms with Gasteiger partial charge < -0.3 is 8.83 Å². The van der Waals surface area contributed by atoms with Crippen molar-refractivity contribution in [2.45, 2.75) is 51.9 Å². The molecule has 0 aromatic carbocycles. The summed E-state index contributed by atoms with van der Waals surface area (Å²) >= 11 is 0. The van der Waals surface area contributed by atoms with Crippen molar-refractivity contribution in [3.63, 3.8) is 0 Å². The molecule has 0 saturated carbocycles. The van der Waals surface area contributed by atoms with Gasteiger partial charge in [0.2, 0.25) is 0 Å². The minimum atomic E-state index is 0.809. The molecule has 2 nitrogen and oxygen atoms in total. The second-order valence-electron chi connectivity index (χ2n) is 4.76. The fourth-order valence-electron chi connectivity index (χ4n) is 2.14. The number of furan rings is 2. The Labute approximate surface area is 109 Å². The zero-order chi connectivity index (χ0) is 12.6. The predicted octanol–water partition coefficient (Wildman–Crippen LogP) is 5.44. The minimum absolute atomic E-state index is 0.809. The van der Waals surface area contributed by atoms with Crippen LogP contribution in [-0.2, 0) is 6.42 Å². The summed E-state index contributed by atoms with van der Waals surface area (Å²) in [6.07, 6.45) is 10.6. The molecule has 2 heterocycles. The van der Waals surface area contributed by atoms with E-state index in [-0.39, 0.29) is 0 Å². The summed E-state index contributed by atoms with van der Waals surface area (Å²) in [7, 11) is 0. The van der Waals surface area contributed by atoms with Gasteiger partial charge in [0.1, 0.15) is 5.76 Å². The van der Waals surface area contributed by atoms with Crippen LogP contribution < -0.4 is 0 Å². The van der Waals surface area contributed by atoms with Crippen LogP contribution in [0.3, 0.4) is 0 Å². The normalized spacial score (nSPS) is 10.9. The molecule has 2 rings (SSSR count). The molecule has 98 valence electrons. The van der Waals surface area contributed by atoms with E-state index in [1.54, 1.807) is 6.26 Å². The molecule has 0 saturated heterocycles. The molecule has 0 bridgehead atoms. The van der Waals surface area contributed by atoms with Crippen LogP contribution in [0.5, 0.6) is 0 Å². The van der Waals surface area contributed by atoms with Gasteiger partial charge in [-0.2, -0.15) is 0 Å². The van der Waals surface area contributed by atoms with E-state index < -0.39 is 0 Å². The Morgan fingerprint density at radius 3 is 2.50 bits per heavy atom. The van der Waals surface area contributed by atoms with Crippen LogP contribution >= 0.6 is 0 Å². The highest BCUT2D eigenvalue weighted by Gasteiger charge is 2.06. The molecule has 0 fully saturated rings. The smallest absolute Gasteiger partial charge is 0.169 e. The first-order valence-corrected chi connectivity index (χ1v) is 7.02. The van der Waals surface area contributed by atoms with Crippen molar-refractivity contribution < 1.29 is 8.83 Å². The highest BCUT2D eigenvalue weighted by molar-refractivity contribution is 5.49. The molecule has 0 aliphatic rings. The van der Waals surface area contributed by atoms with Crippen molar-refractivity contribution in [3.8, 4) is 11.5 Å². The first kappa shape index (κ1) is 13.0. The lowest BCUT2D eigenvalue weighted by atomic mass is 10.1. The van der Waals surface area contributed by atoms with E-state index in [0.717, 1.165) is 23.7 Å². The largest absolute Gasteiger partial charge is 0.461 e. The number of unbranched alkanes of at least 4 members (excludes halogenated alkanes) is 5. The minimum Gasteiger partial charge on any atom is -0.461 e. The lowest BCUT2D eigenvalue weighted by Crippen LogP contribution is -1.83. The fourth-order valence-corrected chi connectivity index (χ4v) is 2.14. The Morgan fingerprint density at radius 2 is 1.72 bits per heavy atom. The van der Waals surface area contributed by atoms with Gasteiger partial charge in [-0.05, 0) is 30.7 Å². The predicted molar refractivity (Wildman–Crippen MR) is 73.5 cm³/mol. The summed E-state index contributed by atoms with van der Waals surface area (Å²) in [5.74, 6) is 2.71. The highest BCUT2D eigenvalue weighted by Crippen LogP contribution is 2.23. The lowest BCUT2D eigenvalue weighted by molar-refractivity contribution is 0.480. The van der Waals surface area contributed by atoms with E-state index in [2.05, 4.69) is 13.0 Å². The molecule has 0 aliphatic carbocycles. The Balaban J connectivity index is 1.71. The third-order valence-electron chi connectivity index (χ3n) is 3.20. The van der Waals surface area contributed by atoms with E-state index in [4.69, 9.17) is 8.83 Å². The van der Waals surface area contributed by atoms with Crippen molar-refractivity contribution in [1.29, 1.82) is 0 Å². The Hall–Kier alpha value is -1.44. The van der Waals surface area contributed by atoms with Gasteiger partial charge in [-0.3, -0.25) is 0 Å². The molecule has 2 aromatic heterocycles. The molecular weight excluding hydrogens is 224 g/mol. The van der Waals surface area contributed by atoms with Gasteiger partial charge >= 0.3 is 0 Å². The van der Waals surface area contributed by atoms with Gasteiger partial charge in [0, 0.05) is 6.42 Å². The molecular formula is C16H22O2. The monoisotopic (exact) mass is 246 g/mol. The van der Waals surface area contributed by atoms with Gasteiger partial charge in [0.15, 0.2) is 11.5 Å². The van der Waals surface area contributed by atoms with Gasteiger partial charge in [-0.1, -0.05) is 39.0 Å². The molecule has 0 atom stereocenters. The molecule has 2 aromatic rings. The summed E-state index contributed by atoms with van der Waals surface area (Å²) in [5.41, 5.74) is 0. The lowest BCUT2D eigenvalue weighted by Gasteiger charge is -1.99. The maximum Gasteiger partial charge on any atom is 0.169 e. The molecule has 2 heteroatoms. The molecule has 0 aliphatic heterocycles. The maximum absolute atomic E-state index is 5.76. The topological polar surface area (TPSA) is 26.3 Å². The van der Waals surface area contributed by atoms with Crippen LogP contribution in [0.25, 0.3) is 11.5 Å². The van der Waals surface area contributed by atoms with Gasteiger partial charge in [-0.15, -0.1) is 0 Å². The van der Waals surface area contributed by atoms with E-state index >= 15 is 0 Å². The zero-order valence-electron chi connectivity index (χ0n) is 11.2. The number of hydrogen-bond donors (Lipinski definition) is 0. The van der Waals surface area contributed by atoms with E-state index in [9.17, 15) is 0 Å². The van der Waals surface area contributed by atoms with E-state index in [1.807, 2.05) is 18.2 Å². The summed E-state index contributed by atoms with van der Waals surface area (Å²) in [6, 6.07) is 7.85. The van der Waals surface area contributed by atoms with Crippen molar-refractivity contribution in [1.82, 2.24) is 0 Å². The Morgan fingerprint density at radius 1 is 0.889 bits per heavy atom. The third-order valence-corrected chi connectivity index (χ3v) is 3.20. The quantitative estimate of drug-likeness (QED) is 0.579. The molecule has 18 heavy (non-hydrogen) atoms. The first-order valence-electron chi connectivity index (χ1n) is 7.02. The number of aryl methyl sites for hydroxylation is 1. The second kappa shape index (κ2) is 7.10. The van der Waals surface area contributed by atoms with Crippen LogP contribution in [-0.4, -0.2) is 0 Å². The van der Waals surface area contributed by atoms with Gasteiger partial charge in [0.05, 0.1) is 6.26 Å². The Bertz CT molecular complexity index is 426. The number of hydrogen-bond acceptors (Lipinski definition) is 2. The van der Waals surface area contributed by atoms with Crippen molar-refractivity contribution in [2.75, 3.05) is 0 Å². The van der Waals surface area contributed by atoms with Crippen molar-refractivity contribution in [3.05, 3.63) is 36.3 Å². The second-order valence-corrected chi connectivity index (χ2v) is 4.76. The van der Waals surface area contributed by atoms with E-state index in [1.165, 1.54) is 38.5 Å². The van der Waals surface area contributed by atoms with Crippen molar-refractivity contribution in [2.24, 2.45) is 0 Å². The average molecular weight is 246 g/mol. The first-order chi connectivity index (χ1) is 8.90. The van der Waals surface area contributed by atoms with Gasteiger partial charge in [0.25, 0.3) is 0 Å².